The van der Waals surface area contributed by atoms with Gasteiger partial charge in [0, 0.05) is 5.97 Å². The van der Waals surface area contributed by atoms with E-state index in [1.54, 1.807) is 0 Å². The largest absolute Gasteiger partial charge is 2.00 e. The molecule has 0 aromatic rings. The molecule has 0 aliphatic rings. The van der Waals surface area contributed by atoms with Crippen molar-refractivity contribution in [3.63, 3.8) is 0 Å². The summed E-state index contributed by atoms with van der Waals surface area (Å²) in [5.74, 6) is -0.919. The van der Waals surface area contributed by atoms with Crippen LogP contribution in [-0.2, 0) is 24.3 Å². The van der Waals surface area contributed by atoms with E-state index >= 15 is 0 Å². The number of hydrogen-bond donors (Lipinski definition) is 0. The van der Waals surface area contributed by atoms with Gasteiger partial charge < -0.3 is 23.7 Å². The van der Waals surface area contributed by atoms with Crippen LogP contribution in [0.2, 0.25) is 0 Å². The Balaban J connectivity index is -0.000000156. The minimum Gasteiger partial charge on any atom is -0.550 e. The summed E-state index contributed by atoms with van der Waals surface area (Å²) in [6.45, 7) is 9.71. The Bertz CT molecular complexity index is 174. The molecule has 0 bridgehead atoms. The Kier molecular flexibility index (Phi) is 40.7. The first-order valence-electron chi connectivity index (χ1n) is 7.97. The van der Waals surface area contributed by atoms with Crippen LogP contribution in [0.25, 0.3) is 0 Å². The molecule has 0 rings (SSSR count). The summed E-state index contributed by atoms with van der Waals surface area (Å²) < 4.78 is 0. The van der Waals surface area contributed by atoms with Crippen LogP contribution < -0.4 is 24.0 Å². The number of carbonyl (C=O) groups is 1. The molecule has 4 heteroatoms. The van der Waals surface area contributed by atoms with Crippen LogP contribution in [0.3, 0.4) is 0 Å². The first-order valence-corrected chi connectivity index (χ1v) is 7.97. The molecule has 0 spiro atoms. The Morgan fingerprint density at radius 3 is 1.52 bits per heavy atom. The first kappa shape index (κ1) is 29.7. The van der Waals surface area contributed by atoms with E-state index < -0.39 is 5.97 Å². The van der Waals surface area contributed by atoms with Crippen LogP contribution >= 0.6 is 0 Å². The van der Waals surface area contributed by atoms with Crippen LogP contribution in [0.5, 0.6) is 0 Å². The average Bonchev–Trinajstić information content (AvgIpc) is 2.40. The monoisotopic (exact) mass is 340 g/mol. The maximum absolute atomic E-state index is 10.1. The van der Waals surface area contributed by atoms with Gasteiger partial charge in [-0.3, -0.25) is 0 Å². The fraction of sp³-hybridized carbons (Fsp3) is 0.824. The number of hydrogen-bond acceptors (Lipinski definition) is 2. The van der Waals surface area contributed by atoms with Crippen LogP contribution in [-0.4, -0.2) is 5.97 Å². The number of carboxylic acids is 1. The standard InChI is InChI=1S/C11H21O2.C6H13.Li.Zn/c1-2-3-4-5-6-7-8-9-10-11(12)13;1-3-5-6-4-2;;/h1-10H2,(H,12,13);1,3-6H2,2H3;;/q2*-1;+1;+2/p-1. The van der Waals surface area contributed by atoms with E-state index in [1.807, 2.05) is 0 Å². The predicted molar refractivity (Wildman–Crippen MR) is 81.4 cm³/mol. The van der Waals surface area contributed by atoms with Crippen molar-refractivity contribution in [3.8, 4) is 0 Å². The Morgan fingerprint density at radius 2 is 1.19 bits per heavy atom. The molecule has 21 heavy (non-hydrogen) atoms. The second kappa shape index (κ2) is 28.8. The van der Waals surface area contributed by atoms with Crippen molar-refractivity contribution in [2.45, 2.75) is 90.4 Å². The van der Waals surface area contributed by atoms with Crippen molar-refractivity contribution in [2.24, 2.45) is 0 Å². The normalized spacial score (nSPS) is 8.90. The Morgan fingerprint density at radius 1 is 0.810 bits per heavy atom. The smallest absolute Gasteiger partial charge is 0.550 e. The molecule has 0 aromatic carbocycles. The molecule has 0 aromatic heterocycles. The van der Waals surface area contributed by atoms with Crippen LogP contribution in [0.15, 0.2) is 0 Å². The molecule has 0 aliphatic carbocycles. The molecular weight excluding hydrogens is 309 g/mol. The quantitative estimate of drug-likeness (QED) is 0.306. The summed E-state index contributed by atoms with van der Waals surface area (Å²) in [6.07, 6.45) is 14.3. The van der Waals surface area contributed by atoms with Gasteiger partial charge in [0.05, 0.1) is 0 Å². The predicted octanol–water partition coefficient (Wildman–Crippen LogP) is 1.48. The molecule has 2 nitrogen and oxygen atoms in total. The van der Waals surface area contributed by atoms with Crippen molar-refractivity contribution in [3.05, 3.63) is 13.8 Å². The van der Waals surface area contributed by atoms with Gasteiger partial charge in [0.25, 0.3) is 0 Å². The molecule has 0 amide bonds. The number of carboxylic acid groups (broad SMARTS) is 1. The minimum atomic E-state index is -0.919. The summed E-state index contributed by atoms with van der Waals surface area (Å²) in [6, 6.07) is 0. The zero-order chi connectivity index (χ0) is 14.8. The summed E-state index contributed by atoms with van der Waals surface area (Å²) in [5.41, 5.74) is 0. The molecule has 0 unspecified atom stereocenters. The van der Waals surface area contributed by atoms with Crippen molar-refractivity contribution in [1.82, 2.24) is 0 Å². The zero-order valence-electron chi connectivity index (χ0n) is 14.6. The van der Waals surface area contributed by atoms with Gasteiger partial charge >= 0.3 is 38.3 Å². The van der Waals surface area contributed by atoms with Gasteiger partial charge in [-0.25, -0.2) is 0 Å². The maximum atomic E-state index is 10.1. The molecule has 0 N–H and O–H groups in total. The third kappa shape index (κ3) is 38.6. The molecule has 0 saturated carbocycles. The molecule has 0 saturated heterocycles. The van der Waals surface area contributed by atoms with Gasteiger partial charge in [0.2, 0.25) is 0 Å². The summed E-state index contributed by atoms with van der Waals surface area (Å²) in [4.78, 5) is 10.1. The molecule has 0 heterocycles. The van der Waals surface area contributed by atoms with E-state index in [0.29, 0.717) is 0 Å². The Labute approximate surface area is 158 Å². The van der Waals surface area contributed by atoms with Crippen LogP contribution in [0.4, 0.5) is 0 Å². The third-order valence-corrected chi connectivity index (χ3v) is 2.98. The van der Waals surface area contributed by atoms with Crippen LogP contribution in [0.1, 0.15) is 90.4 Å². The van der Waals surface area contributed by atoms with Gasteiger partial charge in [0.15, 0.2) is 0 Å². The molecule has 0 aliphatic heterocycles. The van der Waals surface area contributed by atoms with Gasteiger partial charge in [-0.05, 0) is 12.8 Å². The minimum absolute atomic E-state index is 0. The van der Waals surface area contributed by atoms with Crippen molar-refractivity contribution >= 4 is 5.97 Å². The second-order valence-electron chi connectivity index (χ2n) is 5.01. The zero-order valence-corrected chi connectivity index (χ0v) is 17.6. The van der Waals surface area contributed by atoms with E-state index in [4.69, 9.17) is 0 Å². The number of unbranched alkanes of at least 4 members (excludes halogenated alkanes) is 10. The fourth-order valence-corrected chi connectivity index (χ4v) is 1.76. The van der Waals surface area contributed by atoms with Crippen molar-refractivity contribution < 1.29 is 48.2 Å². The molecule has 0 radical (unpaired) electrons. The first-order chi connectivity index (χ1) is 9.18. The van der Waals surface area contributed by atoms with Crippen LogP contribution in [0, 0.1) is 13.8 Å². The number of carbonyl (C=O) groups excluding carboxylic acids is 1. The van der Waals surface area contributed by atoms with Crippen molar-refractivity contribution in [2.75, 3.05) is 0 Å². The molecule has 0 fully saturated rings. The number of aliphatic carboxylic acids is 1. The van der Waals surface area contributed by atoms with Gasteiger partial charge in [-0.1, -0.05) is 64.7 Å². The summed E-state index contributed by atoms with van der Waals surface area (Å²) in [7, 11) is 0. The maximum Gasteiger partial charge on any atom is 2.00 e. The van der Waals surface area contributed by atoms with E-state index in [-0.39, 0.29) is 44.8 Å². The van der Waals surface area contributed by atoms with E-state index in [2.05, 4.69) is 20.8 Å². The Hall–Kier alpha value is 0.691. The fourth-order valence-electron chi connectivity index (χ4n) is 1.76. The SMILES string of the molecule is [CH2-]CCCCC.[CH2-]CCCCCCCCCC(=O)[O-].[Li+].[Zn+2]. The van der Waals surface area contributed by atoms with Crippen molar-refractivity contribution in [1.29, 1.82) is 0 Å². The number of rotatable bonds is 12. The van der Waals surface area contributed by atoms with E-state index in [0.717, 1.165) is 32.1 Å². The molecule has 0 atom stereocenters. The third-order valence-electron chi connectivity index (χ3n) is 2.98. The average molecular weight is 342 g/mol. The molecular formula is C17H33LiO2Zn. The van der Waals surface area contributed by atoms with E-state index in [9.17, 15) is 9.90 Å². The van der Waals surface area contributed by atoms with Gasteiger partial charge in [-0.2, -0.15) is 12.8 Å². The van der Waals surface area contributed by atoms with Gasteiger partial charge in [0.1, 0.15) is 0 Å². The van der Waals surface area contributed by atoms with E-state index in [1.165, 1.54) is 44.9 Å². The topological polar surface area (TPSA) is 40.1 Å². The van der Waals surface area contributed by atoms with Gasteiger partial charge in [-0.15, -0.1) is 0 Å². The summed E-state index contributed by atoms with van der Waals surface area (Å²) >= 11 is 0. The summed E-state index contributed by atoms with van der Waals surface area (Å²) in [5, 5.41) is 10.1. The molecule has 116 valence electrons. The second-order valence-corrected chi connectivity index (χ2v) is 5.01.